The number of hydrogen-bond donors (Lipinski definition) is 2. The highest BCUT2D eigenvalue weighted by Gasteiger charge is 2.13. The second-order valence-electron chi connectivity index (χ2n) is 4.60. The van der Waals surface area contributed by atoms with Gasteiger partial charge in [0.1, 0.15) is 0 Å². The molecule has 5 nitrogen and oxygen atoms in total. The molecule has 2 heterocycles. The van der Waals surface area contributed by atoms with Crippen molar-refractivity contribution in [1.82, 2.24) is 15.8 Å². The summed E-state index contributed by atoms with van der Waals surface area (Å²) in [5, 5.41) is 10.6. The molecule has 0 fully saturated rings. The summed E-state index contributed by atoms with van der Waals surface area (Å²) in [6.07, 6.45) is 3.31. The lowest BCUT2D eigenvalue weighted by atomic mass is 9.99. The highest BCUT2D eigenvalue weighted by molar-refractivity contribution is 5.80. The lowest BCUT2D eigenvalue weighted by molar-refractivity contribution is 0.368. The number of guanidine groups is 1. The van der Waals surface area contributed by atoms with E-state index in [2.05, 4.69) is 34.6 Å². The zero-order chi connectivity index (χ0) is 12.8. The minimum Gasteiger partial charge on any atom is -0.359 e. The van der Waals surface area contributed by atoms with Gasteiger partial charge in [-0.15, -0.1) is 0 Å². The van der Waals surface area contributed by atoms with Crippen LogP contribution in [0.1, 0.15) is 50.5 Å². The van der Waals surface area contributed by atoms with Crippen molar-refractivity contribution in [1.29, 1.82) is 0 Å². The normalized spacial score (nSPS) is 15.4. The maximum Gasteiger partial charge on any atom is 0.191 e. The lowest BCUT2D eigenvalue weighted by Gasteiger charge is -2.14. The number of nitrogens with zero attached hydrogens (tertiary/aromatic N) is 2. The van der Waals surface area contributed by atoms with Crippen LogP contribution in [0.25, 0.3) is 0 Å². The van der Waals surface area contributed by atoms with E-state index >= 15 is 0 Å². The van der Waals surface area contributed by atoms with Crippen LogP contribution in [0.4, 0.5) is 0 Å². The summed E-state index contributed by atoms with van der Waals surface area (Å²) in [4.78, 5) is 4.35. The Kier molecular flexibility index (Phi) is 4.61. The van der Waals surface area contributed by atoms with Crippen molar-refractivity contribution in [3.8, 4) is 0 Å². The minimum atomic E-state index is 0.507. The average Bonchev–Trinajstić information content (AvgIpc) is 2.88. The Morgan fingerprint density at radius 2 is 2.28 bits per heavy atom. The van der Waals surface area contributed by atoms with Crippen LogP contribution in [0, 0.1) is 0 Å². The molecule has 0 bridgehead atoms. The quantitative estimate of drug-likeness (QED) is 0.839. The molecule has 2 rings (SSSR count). The number of nitrogens with one attached hydrogen (secondary N) is 2. The smallest absolute Gasteiger partial charge is 0.191 e. The standard InChI is InChI=1S/C13H22N4O/c1-3-10(4-2)12-8-11(18-17-12)9-16-13-14-6-5-7-15-13/h8,10H,3-7,9H2,1-2H3,(H2,14,15,16). The van der Waals surface area contributed by atoms with Crippen molar-refractivity contribution >= 4 is 5.96 Å². The van der Waals surface area contributed by atoms with E-state index in [1.54, 1.807) is 0 Å². The Hall–Kier alpha value is -1.52. The molecule has 1 aromatic heterocycles. The Labute approximate surface area is 108 Å². The van der Waals surface area contributed by atoms with E-state index in [9.17, 15) is 0 Å². The molecular weight excluding hydrogens is 228 g/mol. The molecule has 0 amide bonds. The summed E-state index contributed by atoms with van der Waals surface area (Å²) < 4.78 is 5.35. The van der Waals surface area contributed by atoms with Gasteiger partial charge in [-0.25, -0.2) is 0 Å². The first-order valence-corrected chi connectivity index (χ1v) is 6.81. The summed E-state index contributed by atoms with van der Waals surface area (Å²) in [5.74, 6) is 2.24. The van der Waals surface area contributed by atoms with Gasteiger partial charge in [-0.2, -0.15) is 0 Å². The van der Waals surface area contributed by atoms with E-state index in [-0.39, 0.29) is 0 Å². The Balaban J connectivity index is 1.88. The molecular formula is C13H22N4O. The summed E-state index contributed by atoms with van der Waals surface area (Å²) in [6.45, 7) is 6.88. The third-order valence-corrected chi connectivity index (χ3v) is 3.31. The molecule has 1 aliphatic heterocycles. The molecule has 0 saturated carbocycles. The predicted molar refractivity (Wildman–Crippen MR) is 71.6 cm³/mol. The Morgan fingerprint density at radius 3 is 2.94 bits per heavy atom. The van der Waals surface area contributed by atoms with E-state index in [1.807, 2.05) is 6.07 Å². The molecule has 0 spiro atoms. The van der Waals surface area contributed by atoms with E-state index in [4.69, 9.17) is 4.52 Å². The van der Waals surface area contributed by atoms with Gasteiger partial charge >= 0.3 is 0 Å². The number of hydrogen-bond acceptors (Lipinski definition) is 5. The molecule has 18 heavy (non-hydrogen) atoms. The van der Waals surface area contributed by atoms with Gasteiger partial charge in [-0.1, -0.05) is 19.0 Å². The fourth-order valence-corrected chi connectivity index (χ4v) is 2.13. The fraction of sp³-hybridized carbons (Fsp3) is 0.692. The van der Waals surface area contributed by atoms with Crippen LogP contribution in [0.15, 0.2) is 15.6 Å². The second-order valence-corrected chi connectivity index (χ2v) is 4.60. The first-order valence-electron chi connectivity index (χ1n) is 6.81. The second kappa shape index (κ2) is 6.42. The van der Waals surface area contributed by atoms with Crippen LogP contribution in [0.5, 0.6) is 0 Å². The first-order chi connectivity index (χ1) is 8.83. The van der Waals surface area contributed by atoms with Gasteiger partial charge in [0, 0.05) is 25.1 Å². The van der Waals surface area contributed by atoms with Crippen molar-refractivity contribution in [2.45, 2.75) is 45.6 Å². The van der Waals surface area contributed by atoms with E-state index in [0.717, 1.165) is 49.8 Å². The summed E-state index contributed by atoms with van der Waals surface area (Å²) in [6, 6.07) is 2.05. The van der Waals surface area contributed by atoms with Crippen molar-refractivity contribution in [3.63, 3.8) is 0 Å². The first kappa shape index (κ1) is 12.9. The molecule has 1 aromatic rings. The molecule has 0 saturated heterocycles. The molecule has 0 atom stereocenters. The molecule has 2 N–H and O–H groups in total. The fourth-order valence-electron chi connectivity index (χ4n) is 2.13. The molecule has 1 aliphatic rings. The lowest BCUT2D eigenvalue weighted by Crippen LogP contribution is -2.40. The van der Waals surface area contributed by atoms with Gasteiger partial charge in [-0.3, -0.25) is 4.99 Å². The van der Waals surface area contributed by atoms with Gasteiger partial charge in [0.25, 0.3) is 0 Å². The zero-order valence-corrected chi connectivity index (χ0v) is 11.2. The van der Waals surface area contributed by atoms with E-state index in [0.29, 0.717) is 12.5 Å². The van der Waals surface area contributed by atoms with Crippen LogP contribution < -0.4 is 10.6 Å². The van der Waals surface area contributed by atoms with Crippen molar-refractivity contribution < 1.29 is 4.52 Å². The van der Waals surface area contributed by atoms with Gasteiger partial charge in [0.2, 0.25) is 0 Å². The van der Waals surface area contributed by atoms with Crippen LogP contribution >= 0.6 is 0 Å². The highest BCUT2D eigenvalue weighted by Crippen LogP contribution is 2.22. The molecule has 0 aromatic carbocycles. The van der Waals surface area contributed by atoms with Gasteiger partial charge in [0.05, 0.1) is 12.2 Å². The monoisotopic (exact) mass is 250 g/mol. The maximum atomic E-state index is 5.35. The number of rotatable bonds is 5. The van der Waals surface area contributed by atoms with E-state index < -0.39 is 0 Å². The van der Waals surface area contributed by atoms with E-state index in [1.165, 1.54) is 0 Å². The van der Waals surface area contributed by atoms with Gasteiger partial charge in [-0.05, 0) is 19.3 Å². The molecule has 100 valence electrons. The van der Waals surface area contributed by atoms with Crippen molar-refractivity contribution in [2.24, 2.45) is 4.99 Å². The number of aliphatic imine (C=N–C) groups is 1. The summed E-state index contributed by atoms with van der Waals surface area (Å²) in [7, 11) is 0. The predicted octanol–water partition coefficient (Wildman–Crippen LogP) is 2.02. The van der Waals surface area contributed by atoms with Gasteiger partial charge < -0.3 is 15.2 Å². The molecule has 0 unspecified atom stereocenters. The summed E-state index contributed by atoms with van der Waals surface area (Å²) in [5.41, 5.74) is 1.07. The molecule has 0 aliphatic carbocycles. The van der Waals surface area contributed by atoms with Crippen molar-refractivity contribution in [3.05, 3.63) is 17.5 Å². The molecule has 0 radical (unpaired) electrons. The number of aromatic nitrogens is 1. The highest BCUT2D eigenvalue weighted by atomic mass is 16.5. The Bertz CT molecular complexity index is 395. The largest absolute Gasteiger partial charge is 0.359 e. The topological polar surface area (TPSA) is 62.5 Å². The SMILES string of the molecule is CCC(CC)c1cc(CNC2=NCCCN2)on1. The zero-order valence-electron chi connectivity index (χ0n) is 11.2. The maximum absolute atomic E-state index is 5.35. The van der Waals surface area contributed by atoms with Crippen molar-refractivity contribution in [2.75, 3.05) is 13.1 Å². The molecule has 5 heteroatoms. The minimum absolute atomic E-state index is 0.507. The average molecular weight is 250 g/mol. The third kappa shape index (κ3) is 3.24. The van der Waals surface area contributed by atoms with Gasteiger partial charge in [0.15, 0.2) is 11.7 Å². The third-order valence-electron chi connectivity index (χ3n) is 3.31. The van der Waals surface area contributed by atoms with Crippen LogP contribution in [-0.2, 0) is 6.54 Å². The van der Waals surface area contributed by atoms with Crippen LogP contribution in [0.2, 0.25) is 0 Å². The Morgan fingerprint density at radius 1 is 1.44 bits per heavy atom. The van der Waals surface area contributed by atoms with Crippen LogP contribution in [-0.4, -0.2) is 24.2 Å². The van der Waals surface area contributed by atoms with Crippen LogP contribution in [0.3, 0.4) is 0 Å². The summed E-state index contributed by atoms with van der Waals surface area (Å²) >= 11 is 0.